The average Bonchev–Trinajstić information content (AvgIpc) is 2.36. The Balaban J connectivity index is 2.42. The van der Waals surface area contributed by atoms with Crippen LogP contribution in [-0.4, -0.2) is 47.8 Å². The summed E-state index contributed by atoms with van der Waals surface area (Å²) in [5, 5.41) is 1.96. The second-order valence-electron chi connectivity index (χ2n) is 4.85. The van der Waals surface area contributed by atoms with Gasteiger partial charge in [-0.15, -0.1) is 0 Å². The first-order valence-corrected chi connectivity index (χ1v) is 6.90. The molecule has 0 saturated carbocycles. The SMILES string of the molecule is CCCc1c(Cl)[nH]c(=O)n(N2CCN(C)CC2)c1=O. The first-order valence-electron chi connectivity index (χ1n) is 6.52. The van der Waals surface area contributed by atoms with Gasteiger partial charge in [0.2, 0.25) is 0 Å². The van der Waals surface area contributed by atoms with E-state index in [1.807, 2.05) is 14.0 Å². The first kappa shape index (κ1) is 14.1. The van der Waals surface area contributed by atoms with Gasteiger partial charge in [0.15, 0.2) is 0 Å². The van der Waals surface area contributed by atoms with E-state index >= 15 is 0 Å². The smallest absolute Gasteiger partial charge is 0.303 e. The Hall–Kier alpha value is -1.27. The maximum absolute atomic E-state index is 12.4. The molecule has 19 heavy (non-hydrogen) atoms. The minimum absolute atomic E-state index is 0.169. The summed E-state index contributed by atoms with van der Waals surface area (Å²) in [6.07, 6.45) is 1.38. The van der Waals surface area contributed by atoms with Gasteiger partial charge >= 0.3 is 5.69 Å². The zero-order valence-corrected chi connectivity index (χ0v) is 12.0. The topological polar surface area (TPSA) is 61.3 Å². The van der Waals surface area contributed by atoms with Gasteiger partial charge in [0.25, 0.3) is 5.56 Å². The van der Waals surface area contributed by atoms with Crippen molar-refractivity contribution in [1.29, 1.82) is 0 Å². The van der Waals surface area contributed by atoms with Crippen molar-refractivity contribution in [3.8, 4) is 0 Å². The predicted octanol–water partition coefficient (Wildman–Crippen LogP) is 0.0259. The van der Waals surface area contributed by atoms with Crippen LogP contribution >= 0.6 is 11.6 Å². The Bertz CT molecular complexity index is 558. The summed E-state index contributed by atoms with van der Waals surface area (Å²) in [5.41, 5.74) is -0.262. The number of H-pyrrole nitrogens is 1. The highest BCUT2D eigenvalue weighted by molar-refractivity contribution is 6.30. The number of rotatable bonds is 3. The molecule has 1 aliphatic rings. The fraction of sp³-hybridized carbons (Fsp3) is 0.667. The maximum Gasteiger partial charge on any atom is 0.348 e. The van der Waals surface area contributed by atoms with Crippen LogP contribution in [-0.2, 0) is 6.42 Å². The number of piperazine rings is 1. The molecule has 0 atom stereocenters. The normalized spacial score (nSPS) is 16.9. The average molecular weight is 287 g/mol. The molecule has 106 valence electrons. The van der Waals surface area contributed by atoms with Gasteiger partial charge in [0.05, 0.1) is 5.56 Å². The molecule has 0 radical (unpaired) electrons. The lowest BCUT2D eigenvalue weighted by Gasteiger charge is -2.34. The molecule has 2 heterocycles. The molecular formula is C12H19ClN4O2. The van der Waals surface area contributed by atoms with Crippen molar-refractivity contribution in [2.45, 2.75) is 19.8 Å². The minimum atomic E-state index is -0.459. The summed E-state index contributed by atoms with van der Waals surface area (Å²) in [4.78, 5) is 29.1. The largest absolute Gasteiger partial charge is 0.348 e. The number of halogens is 1. The van der Waals surface area contributed by atoms with E-state index < -0.39 is 5.69 Å². The molecule has 0 bridgehead atoms. The molecule has 2 rings (SSSR count). The van der Waals surface area contributed by atoms with E-state index in [1.165, 1.54) is 4.68 Å². The van der Waals surface area contributed by atoms with Gasteiger partial charge < -0.3 is 9.91 Å². The third kappa shape index (κ3) is 2.84. The van der Waals surface area contributed by atoms with Crippen molar-refractivity contribution in [1.82, 2.24) is 14.6 Å². The van der Waals surface area contributed by atoms with E-state index in [0.717, 1.165) is 19.5 Å². The van der Waals surface area contributed by atoms with E-state index in [4.69, 9.17) is 11.6 Å². The van der Waals surface area contributed by atoms with Crippen molar-refractivity contribution in [2.75, 3.05) is 38.2 Å². The molecule has 7 heteroatoms. The van der Waals surface area contributed by atoms with Crippen LogP contribution in [0.2, 0.25) is 5.15 Å². The van der Waals surface area contributed by atoms with E-state index in [1.54, 1.807) is 5.01 Å². The third-order valence-corrected chi connectivity index (χ3v) is 3.71. The van der Waals surface area contributed by atoms with Gasteiger partial charge in [-0.3, -0.25) is 9.78 Å². The van der Waals surface area contributed by atoms with Gasteiger partial charge in [-0.05, 0) is 13.5 Å². The maximum atomic E-state index is 12.4. The monoisotopic (exact) mass is 286 g/mol. The Morgan fingerprint density at radius 1 is 1.21 bits per heavy atom. The summed E-state index contributed by atoms with van der Waals surface area (Å²) in [7, 11) is 2.02. The molecule has 0 unspecified atom stereocenters. The molecule has 1 fully saturated rings. The molecule has 6 nitrogen and oxygen atoms in total. The highest BCUT2D eigenvalue weighted by Crippen LogP contribution is 2.08. The van der Waals surface area contributed by atoms with Crippen LogP contribution in [0.1, 0.15) is 18.9 Å². The van der Waals surface area contributed by atoms with Crippen molar-refractivity contribution < 1.29 is 0 Å². The lowest BCUT2D eigenvalue weighted by Crippen LogP contribution is -2.58. The lowest BCUT2D eigenvalue weighted by atomic mass is 10.2. The number of nitrogens with zero attached hydrogens (tertiary/aromatic N) is 3. The van der Waals surface area contributed by atoms with Gasteiger partial charge in [0.1, 0.15) is 5.15 Å². The Kier molecular flexibility index (Phi) is 4.31. The molecular weight excluding hydrogens is 268 g/mol. The summed E-state index contributed by atoms with van der Waals surface area (Å²) in [6.45, 7) is 4.95. The van der Waals surface area contributed by atoms with Crippen LogP contribution in [0.15, 0.2) is 9.59 Å². The summed E-state index contributed by atoms with van der Waals surface area (Å²) >= 11 is 5.95. The van der Waals surface area contributed by atoms with Crippen LogP contribution in [0.4, 0.5) is 0 Å². The number of hydrogen-bond acceptors (Lipinski definition) is 4. The van der Waals surface area contributed by atoms with Crippen LogP contribution < -0.4 is 16.3 Å². The fourth-order valence-electron chi connectivity index (χ4n) is 2.26. The van der Waals surface area contributed by atoms with Gasteiger partial charge in [0, 0.05) is 26.2 Å². The van der Waals surface area contributed by atoms with E-state index in [-0.39, 0.29) is 10.7 Å². The quantitative estimate of drug-likeness (QED) is 0.796. The molecule has 1 N–H and O–H groups in total. The summed E-state index contributed by atoms with van der Waals surface area (Å²) < 4.78 is 1.20. The van der Waals surface area contributed by atoms with Crippen molar-refractivity contribution in [3.63, 3.8) is 0 Å². The third-order valence-electron chi connectivity index (χ3n) is 3.39. The second kappa shape index (κ2) is 5.79. The number of aromatic amines is 1. The number of nitrogens with one attached hydrogen (secondary N) is 1. The highest BCUT2D eigenvalue weighted by atomic mass is 35.5. The van der Waals surface area contributed by atoms with Gasteiger partial charge in [-0.25, -0.2) is 4.79 Å². The molecule has 0 amide bonds. The van der Waals surface area contributed by atoms with Crippen LogP contribution in [0, 0.1) is 0 Å². The zero-order valence-electron chi connectivity index (χ0n) is 11.3. The minimum Gasteiger partial charge on any atom is -0.303 e. The van der Waals surface area contributed by atoms with Gasteiger partial charge in [-0.2, -0.15) is 4.68 Å². The molecule has 0 aliphatic carbocycles. The number of hydrogen-bond donors (Lipinski definition) is 1. The number of aromatic nitrogens is 2. The number of likely N-dealkylation sites (N-methyl/N-ethyl adjacent to an activating group) is 1. The highest BCUT2D eigenvalue weighted by Gasteiger charge is 2.20. The molecule has 0 spiro atoms. The zero-order chi connectivity index (χ0) is 14.0. The summed E-state index contributed by atoms with van der Waals surface area (Å²) in [6, 6.07) is 0. The molecule has 1 saturated heterocycles. The first-order chi connectivity index (χ1) is 9.04. The summed E-state index contributed by atoms with van der Waals surface area (Å²) in [5.74, 6) is 0. The molecule has 1 aliphatic heterocycles. The van der Waals surface area contributed by atoms with Gasteiger partial charge in [-0.1, -0.05) is 24.9 Å². The Morgan fingerprint density at radius 3 is 2.42 bits per heavy atom. The van der Waals surface area contributed by atoms with Crippen molar-refractivity contribution in [3.05, 3.63) is 31.6 Å². The van der Waals surface area contributed by atoms with E-state index in [2.05, 4.69) is 9.88 Å². The molecule has 1 aromatic rings. The standard InChI is InChI=1S/C12H19ClN4O2/c1-3-4-9-10(13)14-12(19)17(11(9)18)16-7-5-15(2)6-8-16/h3-8H2,1-2H3,(H,14,19). The predicted molar refractivity (Wildman–Crippen MR) is 75.8 cm³/mol. The second-order valence-corrected chi connectivity index (χ2v) is 5.22. The fourth-order valence-corrected chi connectivity index (χ4v) is 2.51. The molecule has 1 aromatic heterocycles. The Morgan fingerprint density at radius 2 is 1.84 bits per heavy atom. The van der Waals surface area contributed by atoms with Crippen LogP contribution in [0.3, 0.4) is 0 Å². The van der Waals surface area contributed by atoms with Crippen LogP contribution in [0.5, 0.6) is 0 Å². The Labute approximate surface area is 116 Å². The molecule has 0 aromatic carbocycles. The van der Waals surface area contributed by atoms with Crippen molar-refractivity contribution in [2.24, 2.45) is 0 Å². The van der Waals surface area contributed by atoms with Crippen LogP contribution in [0.25, 0.3) is 0 Å². The van der Waals surface area contributed by atoms with Crippen molar-refractivity contribution >= 4 is 11.6 Å². The van der Waals surface area contributed by atoms with E-state index in [9.17, 15) is 9.59 Å². The lowest BCUT2D eigenvalue weighted by molar-refractivity contribution is 0.282. The van der Waals surface area contributed by atoms with E-state index in [0.29, 0.717) is 25.1 Å².